The quantitative estimate of drug-likeness (QED) is 0.693. The van der Waals surface area contributed by atoms with Gasteiger partial charge in [-0.05, 0) is 56.1 Å². The van der Waals surface area contributed by atoms with E-state index in [1.807, 2.05) is 0 Å². The summed E-state index contributed by atoms with van der Waals surface area (Å²) < 4.78 is 2.61. The first-order valence-corrected chi connectivity index (χ1v) is 14.1. The lowest BCUT2D eigenvalue weighted by atomic mass is 9.79. The number of aromatic nitrogens is 2. The van der Waals surface area contributed by atoms with Crippen molar-refractivity contribution < 1.29 is 5.11 Å². The number of anilines is 1. The van der Waals surface area contributed by atoms with Gasteiger partial charge in [0.1, 0.15) is 0 Å². The van der Waals surface area contributed by atoms with E-state index in [9.17, 15) is 5.11 Å². The van der Waals surface area contributed by atoms with Crippen LogP contribution in [0.2, 0.25) is 0 Å². The summed E-state index contributed by atoms with van der Waals surface area (Å²) in [6, 6.07) is 9.28. The van der Waals surface area contributed by atoms with Crippen LogP contribution in [-0.2, 0) is 0 Å². The minimum Gasteiger partial charge on any atom is -0.396 e. The highest BCUT2D eigenvalue weighted by Crippen LogP contribution is 2.41. The number of imidazole rings is 1. The standard InChI is InChI=1S/C28H43N5O/c34-17-14-28(12-6-2-1-3-7-13-28)32-15-10-24(11-16-32)33-26-9-5-4-8-25(26)30-27(33)31-20-22-18-29-19-23(22)21-31/h4-5,8-9,22-24,29,34H,1-3,6-7,10-21H2. The molecule has 0 radical (unpaired) electrons. The maximum atomic E-state index is 9.97. The molecule has 1 aromatic heterocycles. The number of aliphatic hydroxyl groups excluding tert-OH is 1. The van der Waals surface area contributed by atoms with Gasteiger partial charge in [-0.25, -0.2) is 4.98 Å². The van der Waals surface area contributed by atoms with Gasteiger partial charge in [0.15, 0.2) is 0 Å². The number of piperidine rings is 1. The van der Waals surface area contributed by atoms with Crippen LogP contribution in [-0.4, -0.2) is 71.0 Å². The van der Waals surface area contributed by atoms with Gasteiger partial charge >= 0.3 is 0 Å². The van der Waals surface area contributed by atoms with Gasteiger partial charge in [-0.3, -0.25) is 4.90 Å². The molecule has 2 unspecified atom stereocenters. The molecule has 3 aliphatic heterocycles. The zero-order valence-corrected chi connectivity index (χ0v) is 20.8. The molecule has 4 aliphatic rings. The predicted octanol–water partition coefficient (Wildman–Crippen LogP) is 4.19. The highest BCUT2D eigenvalue weighted by molar-refractivity contribution is 5.79. The second kappa shape index (κ2) is 9.79. The van der Waals surface area contributed by atoms with E-state index in [0.717, 1.165) is 63.0 Å². The third-order valence-corrected chi connectivity index (χ3v) is 9.61. The van der Waals surface area contributed by atoms with Crippen LogP contribution in [0.3, 0.4) is 0 Å². The van der Waals surface area contributed by atoms with E-state index >= 15 is 0 Å². The van der Waals surface area contributed by atoms with E-state index in [2.05, 4.69) is 43.9 Å². The molecule has 3 saturated heterocycles. The molecule has 0 bridgehead atoms. The first-order valence-electron chi connectivity index (χ1n) is 14.1. The third kappa shape index (κ3) is 4.16. The summed E-state index contributed by atoms with van der Waals surface area (Å²) in [5, 5.41) is 13.6. The molecule has 4 fully saturated rings. The molecular weight excluding hydrogens is 422 g/mol. The molecule has 0 amide bonds. The maximum absolute atomic E-state index is 9.97. The molecule has 186 valence electrons. The molecule has 1 aliphatic carbocycles. The Kier molecular flexibility index (Phi) is 6.57. The number of aliphatic hydroxyl groups is 1. The van der Waals surface area contributed by atoms with E-state index in [1.165, 1.54) is 69.3 Å². The number of para-hydroxylation sites is 2. The summed E-state index contributed by atoms with van der Waals surface area (Å²) >= 11 is 0. The van der Waals surface area contributed by atoms with Crippen LogP contribution in [0.5, 0.6) is 0 Å². The second-order valence-corrected chi connectivity index (χ2v) is 11.5. The first-order chi connectivity index (χ1) is 16.8. The lowest BCUT2D eigenvalue weighted by Crippen LogP contribution is -2.53. The van der Waals surface area contributed by atoms with Crippen molar-refractivity contribution in [2.75, 3.05) is 50.8 Å². The molecule has 0 spiro atoms. The Hall–Kier alpha value is -1.63. The summed E-state index contributed by atoms with van der Waals surface area (Å²) in [7, 11) is 0. The third-order valence-electron chi connectivity index (χ3n) is 9.61. The van der Waals surface area contributed by atoms with E-state index in [0.29, 0.717) is 12.6 Å². The van der Waals surface area contributed by atoms with Crippen LogP contribution in [0.1, 0.15) is 70.3 Å². The number of fused-ring (bicyclic) bond motifs is 2. The Bertz CT molecular complexity index is 945. The van der Waals surface area contributed by atoms with E-state index in [1.54, 1.807) is 0 Å². The Labute approximate surface area is 204 Å². The summed E-state index contributed by atoms with van der Waals surface area (Å²) in [4.78, 5) is 10.6. The average Bonchev–Trinajstić information content (AvgIpc) is 3.54. The number of likely N-dealkylation sites (tertiary alicyclic amines) is 1. The molecule has 1 saturated carbocycles. The van der Waals surface area contributed by atoms with Crippen LogP contribution in [0, 0.1) is 11.8 Å². The zero-order chi connectivity index (χ0) is 23.0. The van der Waals surface area contributed by atoms with Gasteiger partial charge in [0.05, 0.1) is 11.0 Å². The minimum absolute atomic E-state index is 0.222. The van der Waals surface area contributed by atoms with Crippen LogP contribution in [0.15, 0.2) is 24.3 Å². The summed E-state index contributed by atoms with van der Waals surface area (Å²) in [6.07, 6.45) is 12.6. The summed E-state index contributed by atoms with van der Waals surface area (Å²) in [5.74, 6) is 2.76. The van der Waals surface area contributed by atoms with Crippen molar-refractivity contribution in [3.63, 3.8) is 0 Å². The maximum Gasteiger partial charge on any atom is 0.206 e. The van der Waals surface area contributed by atoms with Crippen LogP contribution >= 0.6 is 0 Å². The Balaban J connectivity index is 1.24. The molecule has 2 aromatic rings. The average molecular weight is 466 g/mol. The van der Waals surface area contributed by atoms with Gasteiger partial charge < -0.3 is 19.9 Å². The smallest absolute Gasteiger partial charge is 0.206 e. The van der Waals surface area contributed by atoms with Crippen molar-refractivity contribution in [2.45, 2.75) is 75.8 Å². The largest absolute Gasteiger partial charge is 0.396 e. The molecule has 4 heterocycles. The van der Waals surface area contributed by atoms with Gasteiger partial charge in [-0.1, -0.05) is 44.2 Å². The molecule has 6 rings (SSSR count). The van der Waals surface area contributed by atoms with Crippen molar-refractivity contribution >= 4 is 17.0 Å². The minimum atomic E-state index is 0.222. The zero-order valence-electron chi connectivity index (χ0n) is 20.8. The molecule has 6 nitrogen and oxygen atoms in total. The fraction of sp³-hybridized carbons (Fsp3) is 0.750. The number of nitrogens with zero attached hydrogens (tertiary/aromatic N) is 4. The fourth-order valence-corrected chi connectivity index (χ4v) is 7.73. The van der Waals surface area contributed by atoms with Crippen LogP contribution < -0.4 is 10.2 Å². The Morgan fingerprint density at radius 3 is 2.32 bits per heavy atom. The SMILES string of the molecule is OCCC1(N2CCC(n3c(N4CC5CNCC5C4)nc4ccccc43)CC2)CCCCCCC1. The lowest BCUT2D eigenvalue weighted by molar-refractivity contribution is 0.0125. The topological polar surface area (TPSA) is 56.6 Å². The highest BCUT2D eigenvalue weighted by Gasteiger charge is 2.41. The molecular formula is C28H43N5O. The molecule has 2 atom stereocenters. The van der Waals surface area contributed by atoms with Crippen molar-refractivity contribution in [1.29, 1.82) is 0 Å². The predicted molar refractivity (Wildman–Crippen MR) is 138 cm³/mol. The van der Waals surface area contributed by atoms with Gasteiger partial charge in [-0.15, -0.1) is 0 Å². The Morgan fingerprint density at radius 1 is 0.941 bits per heavy atom. The highest BCUT2D eigenvalue weighted by atomic mass is 16.3. The first kappa shape index (κ1) is 22.8. The molecule has 34 heavy (non-hydrogen) atoms. The normalized spacial score (nSPS) is 28.8. The summed E-state index contributed by atoms with van der Waals surface area (Å²) in [5.41, 5.74) is 2.67. The Morgan fingerprint density at radius 2 is 1.62 bits per heavy atom. The number of nitrogens with one attached hydrogen (secondary N) is 1. The van der Waals surface area contributed by atoms with Crippen molar-refractivity contribution in [1.82, 2.24) is 19.8 Å². The van der Waals surface area contributed by atoms with Crippen molar-refractivity contribution in [2.24, 2.45) is 11.8 Å². The van der Waals surface area contributed by atoms with Gasteiger partial charge in [0, 0.05) is 57.5 Å². The van der Waals surface area contributed by atoms with E-state index in [-0.39, 0.29) is 5.54 Å². The van der Waals surface area contributed by atoms with Crippen LogP contribution in [0.25, 0.3) is 11.0 Å². The number of hydrogen-bond acceptors (Lipinski definition) is 5. The molecule has 1 aromatic carbocycles. The van der Waals surface area contributed by atoms with Crippen molar-refractivity contribution in [3.05, 3.63) is 24.3 Å². The number of rotatable bonds is 5. The van der Waals surface area contributed by atoms with Gasteiger partial charge in [0.2, 0.25) is 5.95 Å². The fourth-order valence-electron chi connectivity index (χ4n) is 7.73. The molecule has 6 heteroatoms. The van der Waals surface area contributed by atoms with Crippen LogP contribution in [0.4, 0.5) is 5.95 Å². The molecule has 2 N–H and O–H groups in total. The summed E-state index contributed by atoms with van der Waals surface area (Å²) in [6.45, 7) is 7.21. The van der Waals surface area contributed by atoms with Gasteiger partial charge in [0.25, 0.3) is 0 Å². The van der Waals surface area contributed by atoms with Gasteiger partial charge in [-0.2, -0.15) is 0 Å². The monoisotopic (exact) mass is 465 g/mol. The number of benzene rings is 1. The van der Waals surface area contributed by atoms with E-state index < -0.39 is 0 Å². The van der Waals surface area contributed by atoms with Crippen molar-refractivity contribution in [3.8, 4) is 0 Å². The second-order valence-electron chi connectivity index (χ2n) is 11.5. The lowest BCUT2D eigenvalue weighted by Gasteiger charge is -2.48. The number of hydrogen-bond donors (Lipinski definition) is 2. The van der Waals surface area contributed by atoms with E-state index in [4.69, 9.17) is 4.98 Å².